The Morgan fingerprint density at radius 1 is 0.458 bits per heavy atom. The first-order valence-corrected chi connectivity index (χ1v) is 11.6. The van der Waals surface area contributed by atoms with Crippen LogP contribution in [0, 0.1) is 0 Å². The van der Waals surface area contributed by atoms with Gasteiger partial charge in [0.05, 0.1) is 0 Å². The van der Waals surface area contributed by atoms with E-state index in [-0.39, 0.29) is 80.3 Å². The molecule has 0 aliphatic heterocycles. The zero-order chi connectivity index (χ0) is 17.3. The van der Waals surface area contributed by atoms with Crippen LogP contribution in [0.4, 0.5) is 0 Å². The maximum absolute atomic E-state index is 2.44. The van der Waals surface area contributed by atoms with Gasteiger partial charge in [-0.15, -0.1) is 0 Å². The Balaban J connectivity index is -0.000000667. The monoisotopic (exact) mass is 644 g/mol. The minimum atomic E-state index is 0. The van der Waals surface area contributed by atoms with Crippen molar-refractivity contribution in [3.8, 4) is 0 Å². The van der Waals surface area contributed by atoms with E-state index in [1.165, 1.54) is 18.7 Å². The molecule has 152 valence electrons. The summed E-state index contributed by atoms with van der Waals surface area (Å²) in [7, 11) is 0.130. The van der Waals surface area contributed by atoms with Crippen LogP contribution in [0.3, 0.4) is 0 Å². The fourth-order valence-electron chi connectivity index (χ4n) is 3.74. The van der Waals surface area contributed by atoms with Crippen molar-refractivity contribution in [2.24, 2.45) is 0 Å². The first-order valence-electron chi connectivity index (χ1n) is 8.53. The molecule has 0 aromatic heterocycles. The number of hydrogen-bond donors (Lipinski definition) is 0. The predicted octanol–water partition coefficient (Wildman–Crippen LogP) is 1.54. The van der Waals surface area contributed by atoms with Crippen LogP contribution in [0.25, 0.3) is 0 Å². The fraction of sp³-hybridized carbons (Fsp3) is 1.00. The van der Waals surface area contributed by atoms with Gasteiger partial charge in [-0.1, -0.05) is 98.9 Å². The Labute approximate surface area is 201 Å². The first-order chi connectivity index (χ1) is 8.97. The van der Waals surface area contributed by atoms with Gasteiger partial charge in [0.1, 0.15) is 0 Å². The topological polar surface area (TPSA) is 0 Å². The smallest absolute Gasteiger partial charge is 1.00 e. The Hall–Kier alpha value is 2.81. The average Bonchev–Trinajstić information content (AvgIpc) is 2.07. The van der Waals surface area contributed by atoms with E-state index in [1.54, 1.807) is 0 Å². The largest absolute Gasteiger partial charge is 2.00 e. The molecular formula is C19H42I2NiP2. The Morgan fingerprint density at radius 2 is 0.625 bits per heavy atom. The summed E-state index contributed by atoms with van der Waals surface area (Å²) in [6.07, 6.45) is 4.29. The van der Waals surface area contributed by atoms with Gasteiger partial charge < -0.3 is 48.0 Å². The molecule has 0 unspecified atom stereocenters. The minimum Gasteiger partial charge on any atom is -1.00 e. The molecule has 24 heavy (non-hydrogen) atoms. The van der Waals surface area contributed by atoms with Crippen molar-refractivity contribution in [2.75, 3.05) is 12.3 Å². The minimum absolute atomic E-state index is 0. The third kappa shape index (κ3) is 13.1. The summed E-state index contributed by atoms with van der Waals surface area (Å²) >= 11 is 0. The number of hydrogen-bond acceptors (Lipinski definition) is 0. The molecule has 0 bridgehead atoms. The second-order valence-corrected chi connectivity index (χ2v) is 18.3. The molecule has 0 fully saturated rings. The van der Waals surface area contributed by atoms with Crippen LogP contribution in [0.1, 0.15) is 89.5 Å². The van der Waals surface area contributed by atoms with Gasteiger partial charge in [-0.05, 0) is 39.4 Å². The molecule has 5 heteroatoms. The maximum Gasteiger partial charge on any atom is 2.00 e. The van der Waals surface area contributed by atoms with Crippen molar-refractivity contribution in [1.29, 1.82) is 0 Å². The Kier molecular flexibility index (Phi) is 17.7. The third-order valence-corrected chi connectivity index (χ3v) is 12.0. The van der Waals surface area contributed by atoms with Gasteiger partial charge in [-0.2, -0.15) is 0 Å². The van der Waals surface area contributed by atoms with Gasteiger partial charge in [-0.3, -0.25) is 0 Å². The maximum atomic E-state index is 2.44. The summed E-state index contributed by atoms with van der Waals surface area (Å²) < 4.78 is 0. The van der Waals surface area contributed by atoms with E-state index in [1.807, 2.05) is 0 Å². The third-order valence-electron chi connectivity index (χ3n) is 4.00. The molecule has 0 amide bonds. The molecular weight excluding hydrogens is 603 g/mol. The SMILES string of the molecule is CC(C)(C)P(CCCP(C(C)(C)C)C(C)(C)C)C(C)(C)C.[I-].[I-].[Ni+2]. The molecule has 0 nitrogen and oxygen atoms in total. The molecule has 0 spiro atoms. The van der Waals surface area contributed by atoms with Crippen LogP contribution in [0.15, 0.2) is 0 Å². The van der Waals surface area contributed by atoms with Crippen LogP contribution >= 0.6 is 15.8 Å². The number of halogens is 2. The second kappa shape index (κ2) is 12.4. The predicted molar refractivity (Wildman–Crippen MR) is 107 cm³/mol. The zero-order valence-corrected chi connectivity index (χ0v) is 25.2. The van der Waals surface area contributed by atoms with Crippen molar-refractivity contribution >= 4 is 15.8 Å². The van der Waals surface area contributed by atoms with E-state index >= 15 is 0 Å². The summed E-state index contributed by atoms with van der Waals surface area (Å²) in [6, 6.07) is 0. The van der Waals surface area contributed by atoms with Crippen molar-refractivity contribution in [3.63, 3.8) is 0 Å². The Bertz CT molecular complexity index is 260. The second-order valence-electron chi connectivity index (χ2n) is 10.3. The Morgan fingerprint density at radius 3 is 0.750 bits per heavy atom. The average molecular weight is 645 g/mol. The van der Waals surface area contributed by atoms with Crippen LogP contribution < -0.4 is 48.0 Å². The molecule has 0 aromatic carbocycles. The molecule has 0 aromatic rings. The molecule has 0 aliphatic rings. The van der Waals surface area contributed by atoms with Crippen LogP contribution in [-0.2, 0) is 16.5 Å². The molecule has 0 atom stereocenters. The van der Waals surface area contributed by atoms with E-state index < -0.39 is 0 Å². The molecule has 0 N–H and O–H groups in total. The van der Waals surface area contributed by atoms with E-state index in [0.29, 0.717) is 20.6 Å². The number of rotatable bonds is 4. The van der Waals surface area contributed by atoms with E-state index in [9.17, 15) is 0 Å². The summed E-state index contributed by atoms with van der Waals surface area (Å²) in [4.78, 5) is 0. The van der Waals surface area contributed by atoms with Crippen LogP contribution in [-0.4, -0.2) is 32.9 Å². The fourth-order valence-corrected chi connectivity index (χ4v) is 11.6. The van der Waals surface area contributed by atoms with Gasteiger partial charge in [0.2, 0.25) is 0 Å². The van der Waals surface area contributed by atoms with Crippen molar-refractivity contribution in [2.45, 2.75) is 110 Å². The van der Waals surface area contributed by atoms with Crippen molar-refractivity contribution in [3.05, 3.63) is 0 Å². The normalized spacial score (nSPS) is 13.2. The van der Waals surface area contributed by atoms with E-state index in [4.69, 9.17) is 0 Å². The first kappa shape index (κ1) is 34.3. The van der Waals surface area contributed by atoms with E-state index in [2.05, 4.69) is 83.1 Å². The molecule has 0 saturated carbocycles. The quantitative estimate of drug-likeness (QED) is 0.248. The van der Waals surface area contributed by atoms with E-state index in [0.717, 1.165) is 0 Å². The molecule has 0 radical (unpaired) electrons. The van der Waals surface area contributed by atoms with Crippen molar-refractivity contribution in [1.82, 2.24) is 0 Å². The summed E-state index contributed by atoms with van der Waals surface area (Å²) in [6.45, 7) is 29.3. The van der Waals surface area contributed by atoms with Gasteiger partial charge in [0.15, 0.2) is 0 Å². The van der Waals surface area contributed by atoms with Gasteiger partial charge in [0, 0.05) is 0 Å². The zero-order valence-electron chi connectivity index (χ0n) is 18.1. The summed E-state index contributed by atoms with van der Waals surface area (Å²) in [5.74, 6) is 0. The summed E-state index contributed by atoms with van der Waals surface area (Å²) in [5.41, 5.74) is 0. The molecule has 0 saturated heterocycles. The summed E-state index contributed by atoms with van der Waals surface area (Å²) in [5, 5.41) is 1.89. The molecule has 0 aliphatic carbocycles. The van der Waals surface area contributed by atoms with Gasteiger partial charge >= 0.3 is 16.5 Å². The van der Waals surface area contributed by atoms with Crippen LogP contribution in [0.2, 0.25) is 0 Å². The molecule has 0 heterocycles. The van der Waals surface area contributed by atoms with Gasteiger partial charge in [0.25, 0.3) is 0 Å². The molecule has 0 rings (SSSR count). The standard InChI is InChI=1S/C19H42P2.2HI.Ni/c1-16(2,3)20(17(4,5)6)14-13-15-21(18(7,8)9)19(10,11)12;;;/h13-15H2,1-12H3;2*1H;/q;;;+2/p-2. The van der Waals surface area contributed by atoms with Crippen molar-refractivity contribution < 1.29 is 64.4 Å². The van der Waals surface area contributed by atoms with Crippen LogP contribution in [0.5, 0.6) is 0 Å². The van der Waals surface area contributed by atoms with Gasteiger partial charge in [-0.25, -0.2) is 0 Å².